The third-order valence-electron chi connectivity index (χ3n) is 3.55. The summed E-state index contributed by atoms with van der Waals surface area (Å²) in [6, 6.07) is 16.0. The van der Waals surface area contributed by atoms with E-state index in [1.54, 1.807) is 4.57 Å². The Hall–Kier alpha value is -1.94. The zero-order valence-electron chi connectivity index (χ0n) is 11.9. The van der Waals surface area contributed by atoms with Crippen LogP contribution in [0.4, 0.5) is 0 Å². The molecule has 3 nitrogen and oxygen atoms in total. The number of thioether (sulfide) groups is 1. The molecule has 0 N–H and O–H groups in total. The molecule has 0 aliphatic heterocycles. The molecule has 3 aromatic rings. The van der Waals surface area contributed by atoms with Gasteiger partial charge < -0.3 is 4.42 Å². The molecule has 4 heteroatoms. The molecule has 1 aromatic heterocycles. The highest BCUT2D eigenvalue weighted by molar-refractivity contribution is 7.98. The summed E-state index contributed by atoms with van der Waals surface area (Å²) in [5, 5.41) is 0. The average molecular weight is 299 g/mol. The predicted molar refractivity (Wildman–Crippen MR) is 87.8 cm³/mol. The normalized spacial score (nSPS) is 11.1. The van der Waals surface area contributed by atoms with E-state index in [2.05, 4.69) is 31.2 Å². The maximum Gasteiger partial charge on any atom is 0.419 e. The van der Waals surface area contributed by atoms with Crippen LogP contribution in [-0.2, 0) is 12.3 Å². The largest absolute Gasteiger partial charge is 0.419 e. The lowest BCUT2D eigenvalue weighted by molar-refractivity contribution is 0.514. The van der Waals surface area contributed by atoms with Gasteiger partial charge in [0, 0.05) is 18.1 Å². The van der Waals surface area contributed by atoms with Gasteiger partial charge in [-0.15, -0.1) is 0 Å². The molecule has 108 valence electrons. The second-order valence-electron chi connectivity index (χ2n) is 4.97. The quantitative estimate of drug-likeness (QED) is 0.671. The summed E-state index contributed by atoms with van der Waals surface area (Å²) in [7, 11) is 0. The molecule has 0 atom stereocenters. The van der Waals surface area contributed by atoms with Gasteiger partial charge >= 0.3 is 5.76 Å². The fourth-order valence-corrected chi connectivity index (χ4v) is 3.34. The highest BCUT2D eigenvalue weighted by Gasteiger charge is 2.07. The summed E-state index contributed by atoms with van der Waals surface area (Å²) in [5.74, 6) is 1.59. The molecule has 0 aliphatic rings. The summed E-state index contributed by atoms with van der Waals surface area (Å²) >= 11 is 1.83. The topological polar surface area (TPSA) is 35.1 Å². The fourth-order valence-electron chi connectivity index (χ4n) is 2.34. The SMILES string of the molecule is Cc1ccccc1CSCCn1c(=O)oc2ccccc21. The van der Waals surface area contributed by atoms with Crippen LogP contribution < -0.4 is 5.76 Å². The van der Waals surface area contributed by atoms with Crippen molar-refractivity contribution in [2.75, 3.05) is 5.75 Å². The Morgan fingerprint density at radius 1 is 1.10 bits per heavy atom. The minimum absolute atomic E-state index is 0.271. The van der Waals surface area contributed by atoms with Crippen molar-refractivity contribution in [1.29, 1.82) is 0 Å². The Bertz CT molecular complexity index is 804. The third kappa shape index (κ3) is 3.05. The molecule has 0 saturated heterocycles. The van der Waals surface area contributed by atoms with Crippen LogP contribution in [0.1, 0.15) is 11.1 Å². The average Bonchev–Trinajstić information content (AvgIpc) is 2.81. The lowest BCUT2D eigenvalue weighted by atomic mass is 10.1. The van der Waals surface area contributed by atoms with E-state index in [4.69, 9.17) is 4.42 Å². The Kier molecular flexibility index (Phi) is 4.15. The number of hydrogen-bond acceptors (Lipinski definition) is 3. The number of fused-ring (bicyclic) bond motifs is 1. The molecule has 0 unspecified atom stereocenters. The zero-order valence-corrected chi connectivity index (χ0v) is 12.7. The van der Waals surface area contributed by atoms with Crippen molar-refractivity contribution in [3.05, 3.63) is 70.2 Å². The molecule has 21 heavy (non-hydrogen) atoms. The fraction of sp³-hybridized carbons (Fsp3) is 0.235. The van der Waals surface area contributed by atoms with Gasteiger partial charge in [-0.1, -0.05) is 36.4 Å². The van der Waals surface area contributed by atoms with E-state index in [1.165, 1.54) is 11.1 Å². The predicted octanol–water partition coefficient (Wildman–Crippen LogP) is 3.84. The van der Waals surface area contributed by atoms with Crippen molar-refractivity contribution in [2.24, 2.45) is 0 Å². The third-order valence-corrected chi connectivity index (χ3v) is 4.54. The van der Waals surface area contributed by atoms with Crippen molar-refractivity contribution in [3.63, 3.8) is 0 Å². The summed E-state index contributed by atoms with van der Waals surface area (Å²) in [5.41, 5.74) is 4.20. The lowest BCUT2D eigenvalue weighted by Crippen LogP contribution is -2.15. The molecule has 0 aliphatic carbocycles. The summed E-state index contributed by atoms with van der Waals surface area (Å²) in [6.45, 7) is 2.80. The number of oxazole rings is 1. The van der Waals surface area contributed by atoms with E-state index in [0.717, 1.165) is 17.0 Å². The van der Waals surface area contributed by atoms with Crippen molar-refractivity contribution < 1.29 is 4.42 Å². The Balaban J connectivity index is 1.64. The number of benzene rings is 2. The van der Waals surface area contributed by atoms with Gasteiger partial charge in [0.15, 0.2) is 5.58 Å². The standard InChI is InChI=1S/C17H17NO2S/c1-13-6-2-3-7-14(13)12-21-11-10-18-15-8-4-5-9-16(15)20-17(18)19/h2-9H,10-12H2,1H3. The van der Waals surface area contributed by atoms with Crippen LogP contribution >= 0.6 is 11.8 Å². The minimum Gasteiger partial charge on any atom is -0.408 e. The van der Waals surface area contributed by atoms with Crippen molar-refractivity contribution in [1.82, 2.24) is 4.57 Å². The van der Waals surface area contributed by atoms with Gasteiger partial charge in [0.1, 0.15) is 0 Å². The van der Waals surface area contributed by atoms with Gasteiger partial charge in [-0.2, -0.15) is 11.8 Å². The Morgan fingerprint density at radius 2 is 1.86 bits per heavy atom. The van der Waals surface area contributed by atoms with E-state index < -0.39 is 0 Å². The van der Waals surface area contributed by atoms with Gasteiger partial charge in [0.05, 0.1) is 5.52 Å². The first-order valence-corrected chi connectivity index (χ1v) is 8.12. The van der Waals surface area contributed by atoms with E-state index in [-0.39, 0.29) is 5.76 Å². The van der Waals surface area contributed by atoms with Gasteiger partial charge in [-0.3, -0.25) is 4.57 Å². The van der Waals surface area contributed by atoms with Gasteiger partial charge in [-0.05, 0) is 30.2 Å². The molecule has 3 rings (SSSR count). The second-order valence-corrected chi connectivity index (χ2v) is 6.07. The number of nitrogens with zero attached hydrogens (tertiary/aromatic N) is 1. The number of aromatic nitrogens is 1. The summed E-state index contributed by atoms with van der Waals surface area (Å²) in [6.07, 6.45) is 0. The lowest BCUT2D eigenvalue weighted by Gasteiger charge is -2.05. The van der Waals surface area contributed by atoms with Gasteiger partial charge in [0.2, 0.25) is 0 Å². The number of hydrogen-bond donors (Lipinski definition) is 0. The van der Waals surface area contributed by atoms with Crippen molar-refractivity contribution in [3.8, 4) is 0 Å². The first-order valence-electron chi connectivity index (χ1n) is 6.96. The Labute approximate surface area is 127 Å². The van der Waals surface area contributed by atoms with Crippen molar-refractivity contribution >= 4 is 22.9 Å². The first kappa shape index (κ1) is 14.0. The van der Waals surface area contributed by atoms with Crippen molar-refractivity contribution in [2.45, 2.75) is 19.2 Å². The molecule has 0 saturated carbocycles. The highest BCUT2D eigenvalue weighted by Crippen LogP contribution is 2.17. The van der Waals surface area contributed by atoms with Gasteiger partial charge in [-0.25, -0.2) is 4.79 Å². The Morgan fingerprint density at radius 3 is 2.71 bits per heavy atom. The van der Waals surface area contributed by atoms with Crippen LogP contribution in [0.3, 0.4) is 0 Å². The number of para-hydroxylation sites is 2. The summed E-state index contributed by atoms with van der Waals surface area (Å²) < 4.78 is 6.94. The maximum atomic E-state index is 11.8. The van der Waals surface area contributed by atoms with Crippen LogP contribution in [0.25, 0.3) is 11.1 Å². The van der Waals surface area contributed by atoms with Crippen LogP contribution in [0.5, 0.6) is 0 Å². The molecule has 2 aromatic carbocycles. The maximum absolute atomic E-state index is 11.8. The number of rotatable bonds is 5. The smallest absolute Gasteiger partial charge is 0.408 e. The molecule has 0 bridgehead atoms. The molecule has 0 amide bonds. The number of aryl methyl sites for hydroxylation is 2. The van der Waals surface area contributed by atoms with Crippen LogP contribution in [0, 0.1) is 6.92 Å². The zero-order chi connectivity index (χ0) is 14.7. The molecule has 0 fully saturated rings. The second kappa shape index (κ2) is 6.22. The van der Waals surface area contributed by atoms with Crippen LogP contribution in [-0.4, -0.2) is 10.3 Å². The monoisotopic (exact) mass is 299 g/mol. The van der Waals surface area contributed by atoms with E-state index in [0.29, 0.717) is 12.1 Å². The van der Waals surface area contributed by atoms with Crippen LogP contribution in [0.2, 0.25) is 0 Å². The molecular formula is C17H17NO2S. The van der Waals surface area contributed by atoms with E-state index >= 15 is 0 Å². The molecule has 1 heterocycles. The highest BCUT2D eigenvalue weighted by atomic mass is 32.2. The molecule has 0 spiro atoms. The minimum atomic E-state index is -0.271. The van der Waals surface area contributed by atoms with E-state index in [1.807, 2.05) is 36.0 Å². The van der Waals surface area contributed by atoms with Crippen LogP contribution in [0.15, 0.2) is 57.7 Å². The first-order chi connectivity index (χ1) is 10.3. The molecule has 0 radical (unpaired) electrons. The van der Waals surface area contributed by atoms with Gasteiger partial charge in [0.25, 0.3) is 0 Å². The summed E-state index contributed by atoms with van der Waals surface area (Å²) in [4.78, 5) is 11.8. The molecular weight excluding hydrogens is 282 g/mol. The van der Waals surface area contributed by atoms with E-state index in [9.17, 15) is 4.79 Å².